The Morgan fingerprint density at radius 1 is 1.33 bits per heavy atom. The first-order valence-corrected chi connectivity index (χ1v) is 10.9. The molecule has 1 aromatic rings. The van der Waals surface area contributed by atoms with E-state index in [1.54, 1.807) is 0 Å². The van der Waals surface area contributed by atoms with E-state index in [0.29, 0.717) is 18.8 Å². The summed E-state index contributed by atoms with van der Waals surface area (Å²) in [7, 11) is 1.43. The van der Waals surface area contributed by atoms with Gasteiger partial charge in [-0.15, -0.1) is 0 Å². The number of benzene rings is 1. The number of rotatable bonds is 4. The highest BCUT2D eigenvalue weighted by Crippen LogP contribution is 2.41. The number of hydrazone groups is 1. The molecule has 3 N–H and O–H groups in total. The zero-order chi connectivity index (χ0) is 21.9. The van der Waals surface area contributed by atoms with Crippen molar-refractivity contribution in [1.29, 1.82) is 0 Å². The lowest BCUT2D eigenvalue weighted by Crippen LogP contribution is -2.52. The zero-order valence-electron chi connectivity index (χ0n) is 17.4. The normalized spacial score (nSPS) is 24.3. The van der Waals surface area contributed by atoms with Crippen LogP contribution >= 0.6 is 15.9 Å². The topological polar surface area (TPSA) is 109 Å². The molecule has 30 heavy (non-hydrogen) atoms. The lowest BCUT2D eigenvalue weighted by molar-refractivity contribution is -0.139. The highest BCUT2D eigenvalue weighted by atomic mass is 79.9. The van der Waals surface area contributed by atoms with Crippen molar-refractivity contribution < 1.29 is 19.1 Å². The Kier molecular flexibility index (Phi) is 6.80. The maximum absolute atomic E-state index is 12.0. The molecule has 0 aromatic heterocycles. The Hall–Kier alpha value is -2.42. The van der Waals surface area contributed by atoms with Crippen molar-refractivity contribution in [3.8, 4) is 0 Å². The first kappa shape index (κ1) is 22.3. The van der Waals surface area contributed by atoms with E-state index in [4.69, 9.17) is 4.74 Å². The van der Waals surface area contributed by atoms with Crippen LogP contribution in [0.25, 0.3) is 0 Å². The number of halogens is 1. The summed E-state index contributed by atoms with van der Waals surface area (Å²) in [5, 5.41) is 9.44. The third kappa shape index (κ3) is 4.83. The first-order valence-electron chi connectivity index (χ1n) is 10.1. The van der Waals surface area contributed by atoms with Gasteiger partial charge < -0.3 is 15.4 Å². The molecule has 8 nitrogen and oxygen atoms in total. The SMILES string of the molecule is CNC(=O)C(=O)N[C@@H](C)CC1CCC2(CC1)OC(=O)NN=C2c1cc(Br)ccc1C. The highest BCUT2D eigenvalue weighted by molar-refractivity contribution is 9.10. The number of nitrogens with one attached hydrogen (secondary N) is 3. The maximum Gasteiger partial charge on any atom is 0.428 e. The number of carbonyl (C=O) groups excluding carboxylic acids is 3. The molecule has 1 aliphatic heterocycles. The molecule has 1 saturated carbocycles. The van der Waals surface area contributed by atoms with Gasteiger partial charge in [0.15, 0.2) is 5.60 Å². The molecule has 9 heteroatoms. The van der Waals surface area contributed by atoms with Crippen LogP contribution in [-0.4, -0.2) is 42.3 Å². The minimum atomic E-state index is -0.751. The summed E-state index contributed by atoms with van der Waals surface area (Å²) < 4.78 is 6.76. The van der Waals surface area contributed by atoms with Gasteiger partial charge in [-0.3, -0.25) is 9.59 Å². The maximum atomic E-state index is 12.0. The molecule has 162 valence electrons. The van der Waals surface area contributed by atoms with E-state index in [9.17, 15) is 14.4 Å². The molecule has 3 rings (SSSR count). The van der Waals surface area contributed by atoms with Crippen LogP contribution in [-0.2, 0) is 14.3 Å². The summed E-state index contributed by atoms with van der Waals surface area (Å²) in [6.45, 7) is 3.91. The number of hydrogen-bond acceptors (Lipinski definition) is 5. The first-order chi connectivity index (χ1) is 14.2. The molecule has 0 radical (unpaired) electrons. The van der Waals surface area contributed by atoms with Gasteiger partial charge in [-0.05, 0) is 69.6 Å². The summed E-state index contributed by atoms with van der Waals surface area (Å²) in [6.07, 6.45) is 3.21. The number of hydrogen-bond donors (Lipinski definition) is 3. The Morgan fingerprint density at radius 2 is 2.03 bits per heavy atom. The van der Waals surface area contributed by atoms with Crippen molar-refractivity contribution >= 4 is 39.5 Å². The fourth-order valence-corrected chi connectivity index (χ4v) is 4.65. The van der Waals surface area contributed by atoms with Gasteiger partial charge in [0.25, 0.3) is 0 Å². The minimum Gasteiger partial charge on any atom is -0.435 e. The molecule has 3 amide bonds. The van der Waals surface area contributed by atoms with Crippen LogP contribution in [0.15, 0.2) is 27.8 Å². The fourth-order valence-electron chi connectivity index (χ4n) is 4.29. The van der Waals surface area contributed by atoms with E-state index >= 15 is 0 Å². The molecular weight excluding hydrogens is 452 g/mol. The predicted octanol–water partition coefficient (Wildman–Crippen LogP) is 2.77. The van der Waals surface area contributed by atoms with E-state index in [1.165, 1.54) is 7.05 Å². The Morgan fingerprint density at radius 3 is 2.70 bits per heavy atom. The van der Waals surface area contributed by atoms with Crippen molar-refractivity contribution in [3.05, 3.63) is 33.8 Å². The molecule has 1 aromatic carbocycles. The van der Waals surface area contributed by atoms with E-state index < -0.39 is 23.5 Å². The third-order valence-corrected chi connectivity index (χ3v) is 6.34. The minimum absolute atomic E-state index is 0.120. The molecular formula is C21H27BrN4O4. The van der Waals surface area contributed by atoms with E-state index in [2.05, 4.69) is 37.1 Å². The van der Waals surface area contributed by atoms with Gasteiger partial charge in [-0.1, -0.05) is 22.0 Å². The molecule has 1 aliphatic carbocycles. The predicted molar refractivity (Wildman–Crippen MR) is 116 cm³/mol. The summed E-state index contributed by atoms with van der Waals surface area (Å²) in [5.74, 6) is -0.908. The summed E-state index contributed by atoms with van der Waals surface area (Å²) in [6, 6.07) is 5.86. The second-order valence-electron chi connectivity index (χ2n) is 8.05. The standard InChI is InChI=1S/C21H27BrN4O4/c1-12-4-5-15(22)11-16(12)17-21(30-20(29)26-25-17)8-6-14(7-9-21)10-13(2)24-19(28)18(27)23-3/h4-5,11,13-14H,6-10H2,1-3H3,(H,23,27)(H,24,28)(H,26,29)/t13-,14?,21?/m0/s1. The second kappa shape index (κ2) is 9.16. The molecule has 0 saturated heterocycles. The van der Waals surface area contributed by atoms with Crippen molar-refractivity contribution in [3.63, 3.8) is 0 Å². The Labute approximate surface area is 184 Å². The molecule has 1 fully saturated rings. The Bertz CT molecular complexity index is 878. The lowest BCUT2D eigenvalue weighted by atomic mass is 9.72. The van der Waals surface area contributed by atoms with Gasteiger partial charge >= 0.3 is 17.9 Å². The zero-order valence-corrected chi connectivity index (χ0v) is 19.0. The van der Waals surface area contributed by atoms with Gasteiger partial charge in [0, 0.05) is 23.1 Å². The van der Waals surface area contributed by atoms with Gasteiger partial charge in [-0.25, -0.2) is 10.2 Å². The number of carbonyl (C=O) groups is 3. The number of aryl methyl sites for hydroxylation is 1. The Balaban J connectivity index is 1.70. The van der Waals surface area contributed by atoms with Gasteiger partial charge in [-0.2, -0.15) is 5.10 Å². The largest absolute Gasteiger partial charge is 0.435 e. The lowest BCUT2D eigenvalue weighted by Gasteiger charge is -2.42. The second-order valence-corrected chi connectivity index (χ2v) is 8.96. The number of amides is 3. The number of likely N-dealkylation sites (N-methyl/N-ethyl adjacent to an activating group) is 1. The summed E-state index contributed by atoms with van der Waals surface area (Å²) >= 11 is 3.51. The van der Waals surface area contributed by atoms with E-state index in [0.717, 1.165) is 40.6 Å². The van der Waals surface area contributed by atoms with Gasteiger partial charge in [0.2, 0.25) is 0 Å². The van der Waals surface area contributed by atoms with Crippen LogP contribution in [0.5, 0.6) is 0 Å². The molecule has 1 heterocycles. The van der Waals surface area contributed by atoms with Crippen LogP contribution < -0.4 is 16.1 Å². The van der Waals surface area contributed by atoms with Crippen molar-refractivity contribution in [2.45, 2.75) is 57.6 Å². The van der Waals surface area contributed by atoms with Crippen LogP contribution in [0.2, 0.25) is 0 Å². The average molecular weight is 479 g/mol. The third-order valence-electron chi connectivity index (χ3n) is 5.84. The fraction of sp³-hybridized carbons (Fsp3) is 0.524. The summed E-state index contributed by atoms with van der Waals surface area (Å²) in [4.78, 5) is 35.2. The molecule has 0 unspecified atom stereocenters. The monoisotopic (exact) mass is 478 g/mol. The van der Waals surface area contributed by atoms with Crippen molar-refractivity contribution in [2.24, 2.45) is 11.0 Å². The van der Waals surface area contributed by atoms with Gasteiger partial charge in [0.1, 0.15) is 5.71 Å². The highest BCUT2D eigenvalue weighted by Gasteiger charge is 2.46. The van der Waals surface area contributed by atoms with Crippen LogP contribution in [0, 0.1) is 12.8 Å². The van der Waals surface area contributed by atoms with Crippen LogP contribution in [0.3, 0.4) is 0 Å². The molecule has 0 bridgehead atoms. The van der Waals surface area contributed by atoms with Crippen LogP contribution in [0.4, 0.5) is 4.79 Å². The molecule has 1 atom stereocenters. The number of nitrogens with zero attached hydrogens (tertiary/aromatic N) is 1. The molecule has 1 spiro atoms. The summed E-state index contributed by atoms with van der Waals surface area (Å²) in [5.41, 5.74) is 4.47. The van der Waals surface area contributed by atoms with Crippen LogP contribution in [0.1, 0.15) is 50.2 Å². The molecule has 2 aliphatic rings. The number of ether oxygens (including phenoxy) is 1. The van der Waals surface area contributed by atoms with E-state index in [-0.39, 0.29) is 6.04 Å². The van der Waals surface area contributed by atoms with Gasteiger partial charge in [0.05, 0.1) is 0 Å². The van der Waals surface area contributed by atoms with E-state index in [1.807, 2.05) is 32.0 Å². The van der Waals surface area contributed by atoms with Crippen molar-refractivity contribution in [1.82, 2.24) is 16.1 Å². The average Bonchev–Trinajstić information content (AvgIpc) is 2.71. The smallest absolute Gasteiger partial charge is 0.428 e. The quantitative estimate of drug-likeness (QED) is 0.577. The van der Waals surface area contributed by atoms with Crippen molar-refractivity contribution in [2.75, 3.05) is 7.05 Å².